The minimum atomic E-state index is -3.73. The number of likely N-dealkylation sites (N-methyl/N-ethyl adjacent to an activating group) is 1. The third-order valence-corrected chi connectivity index (χ3v) is 10.4. The first-order valence-corrected chi connectivity index (χ1v) is 16.0. The van der Waals surface area contributed by atoms with Crippen molar-refractivity contribution >= 4 is 42.6 Å². The molecule has 0 aliphatic carbocycles. The van der Waals surface area contributed by atoms with Crippen molar-refractivity contribution in [2.45, 2.75) is 46.1 Å². The molecule has 0 aliphatic rings. The average Bonchev–Trinajstić information content (AvgIpc) is 3.41. The summed E-state index contributed by atoms with van der Waals surface area (Å²) >= 11 is 1.51. The van der Waals surface area contributed by atoms with Crippen LogP contribution in [0.5, 0.6) is 0 Å². The second-order valence-corrected chi connectivity index (χ2v) is 12.7. The van der Waals surface area contributed by atoms with Crippen LogP contribution in [0.2, 0.25) is 0 Å². The third kappa shape index (κ3) is 6.44. The highest BCUT2D eigenvalue weighted by Crippen LogP contribution is 2.33. The van der Waals surface area contributed by atoms with E-state index in [0.29, 0.717) is 30.3 Å². The lowest BCUT2D eigenvalue weighted by molar-refractivity contribution is 0.0983. The number of thiazole rings is 1. The maximum atomic E-state index is 13.9. The maximum Gasteiger partial charge on any atom is 0.260 e. The van der Waals surface area contributed by atoms with Gasteiger partial charge in [-0.25, -0.2) is 13.4 Å². The van der Waals surface area contributed by atoms with Gasteiger partial charge in [-0.2, -0.15) is 4.31 Å². The molecule has 1 aromatic heterocycles. The van der Waals surface area contributed by atoms with E-state index in [-0.39, 0.29) is 17.3 Å². The number of nitrogens with zero attached hydrogens (tertiary/aromatic N) is 4. The Labute approximate surface area is 242 Å². The molecule has 4 aromatic rings. The van der Waals surface area contributed by atoms with E-state index >= 15 is 0 Å². The summed E-state index contributed by atoms with van der Waals surface area (Å²) in [7, 11) is -3.73. The van der Waals surface area contributed by atoms with Gasteiger partial charge in [0.1, 0.15) is 0 Å². The number of anilines is 1. The molecule has 4 rings (SSSR count). The van der Waals surface area contributed by atoms with Crippen molar-refractivity contribution in [2.75, 3.05) is 37.6 Å². The van der Waals surface area contributed by atoms with Crippen LogP contribution >= 0.6 is 11.3 Å². The Morgan fingerprint density at radius 2 is 1.52 bits per heavy atom. The largest absolute Gasteiger partial charge is 0.302 e. The molecule has 0 radical (unpaired) electrons. The number of amides is 1. The standard InChI is InChI=1S/C31H38N4O3S2/c1-6-33(7-2)20-21-35(31-32-29-24(5)23(4)14-19-28(29)39-31)30(36)26-15-17-27(18-16-26)40(37,38)34(8-3)22-25-12-10-9-11-13-25/h9-19H,6-8,20-22H2,1-5H3. The zero-order valence-corrected chi connectivity index (χ0v) is 25.6. The summed E-state index contributed by atoms with van der Waals surface area (Å²) in [4.78, 5) is 22.9. The molecule has 3 aromatic carbocycles. The van der Waals surface area contributed by atoms with Crippen molar-refractivity contribution < 1.29 is 13.2 Å². The Morgan fingerprint density at radius 1 is 0.850 bits per heavy atom. The summed E-state index contributed by atoms with van der Waals surface area (Å²) in [5, 5.41) is 0.651. The van der Waals surface area contributed by atoms with Gasteiger partial charge in [-0.15, -0.1) is 0 Å². The van der Waals surface area contributed by atoms with Gasteiger partial charge in [0.2, 0.25) is 10.0 Å². The number of rotatable bonds is 12. The molecular formula is C31H38N4O3S2. The second-order valence-electron chi connectivity index (χ2n) is 9.78. The number of benzene rings is 3. The molecule has 0 saturated heterocycles. The van der Waals surface area contributed by atoms with Gasteiger partial charge in [-0.1, -0.05) is 68.5 Å². The SMILES string of the molecule is CCN(CC)CCN(C(=O)c1ccc(S(=O)(=O)N(CC)Cc2ccccc2)cc1)c1nc2c(C)c(C)ccc2s1. The van der Waals surface area contributed by atoms with Crippen LogP contribution in [0.15, 0.2) is 71.6 Å². The predicted molar refractivity (Wildman–Crippen MR) is 165 cm³/mol. The highest BCUT2D eigenvalue weighted by atomic mass is 32.2. The van der Waals surface area contributed by atoms with Gasteiger partial charge < -0.3 is 4.90 Å². The Bertz CT molecular complexity index is 1550. The molecule has 0 saturated carbocycles. The fraction of sp³-hybridized carbons (Fsp3) is 0.355. The molecule has 40 heavy (non-hydrogen) atoms. The number of fused-ring (bicyclic) bond motifs is 1. The van der Waals surface area contributed by atoms with Crippen molar-refractivity contribution in [3.05, 3.63) is 89.0 Å². The fourth-order valence-electron chi connectivity index (χ4n) is 4.62. The summed E-state index contributed by atoms with van der Waals surface area (Å²) in [5.74, 6) is -0.193. The summed E-state index contributed by atoms with van der Waals surface area (Å²) < 4.78 is 29.3. The van der Waals surface area contributed by atoms with Gasteiger partial charge >= 0.3 is 0 Å². The van der Waals surface area contributed by atoms with Crippen molar-refractivity contribution in [2.24, 2.45) is 0 Å². The second kappa shape index (κ2) is 13.0. The predicted octanol–water partition coefficient (Wildman–Crippen LogP) is 6.11. The zero-order valence-electron chi connectivity index (χ0n) is 23.9. The lowest BCUT2D eigenvalue weighted by atomic mass is 10.1. The van der Waals surface area contributed by atoms with E-state index in [1.807, 2.05) is 37.3 Å². The fourth-order valence-corrected chi connectivity index (χ4v) is 7.11. The van der Waals surface area contributed by atoms with Gasteiger partial charge in [0.05, 0.1) is 15.1 Å². The molecule has 212 valence electrons. The van der Waals surface area contributed by atoms with Crippen LogP contribution in [0, 0.1) is 13.8 Å². The van der Waals surface area contributed by atoms with Crippen LogP contribution in [-0.2, 0) is 16.6 Å². The van der Waals surface area contributed by atoms with E-state index < -0.39 is 10.0 Å². The molecule has 0 atom stereocenters. The van der Waals surface area contributed by atoms with Gasteiger partial charge in [-0.05, 0) is 74.0 Å². The van der Waals surface area contributed by atoms with E-state index in [4.69, 9.17) is 4.98 Å². The van der Waals surface area contributed by atoms with Gasteiger partial charge in [0, 0.05) is 31.7 Å². The molecule has 7 nitrogen and oxygen atoms in total. The highest BCUT2D eigenvalue weighted by Gasteiger charge is 2.26. The summed E-state index contributed by atoms with van der Waals surface area (Å²) in [6, 6.07) is 20.0. The number of hydrogen-bond donors (Lipinski definition) is 0. The van der Waals surface area contributed by atoms with Crippen LogP contribution < -0.4 is 4.90 Å². The zero-order chi connectivity index (χ0) is 28.9. The molecule has 0 spiro atoms. The van der Waals surface area contributed by atoms with Gasteiger partial charge in [0.25, 0.3) is 5.91 Å². The quantitative estimate of drug-likeness (QED) is 0.203. The maximum absolute atomic E-state index is 13.9. The Kier molecular flexibility index (Phi) is 9.73. The van der Waals surface area contributed by atoms with E-state index in [0.717, 1.165) is 40.0 Å². The van der Waals surface area contributed by atoms with Crippen LogP contribution in [-0.4, -0.2) is 61.2 Å². The van der Waals surface area contributed by atoms with E-state index in [9.17, 15) is 13.2 Å². The molecule has 1 heterocycles. The van der Waals surface area contributed by atoms with Crippen LogP contribution in [0.25, 0.3) is 10.2 Å². The first-order valence-electron chi connectivity index (χ1n) is 13.7. The minimum absolute atomic E-state index is 0.169. The summed E-state index contributed by atoms with van der Waals surface area (Å²) in [6.07, 6.45) is 0. The molecule has 1 amide bonds. The minimum Gasteiger partial charge on any atom is -0.302 e. The average molecular weight is 579 g/mol. The smallest absolute Gasteiger partial charge is 0.260 e. The van der Waals surface area contributed by atoms with Crippen molar-refractivity contribution in [3.8, 4) is 0 Å². The Balaban J connectivity index is 1.63. The van der Waals surface area contributed by atoms with Gasteiger partial charge in [-0.3, -0.25) is 9.69 Å². The van der Waals surface area contributed by atoms with Crippen molar-refractivity contribution in [3.63, 3.8) is 0 Å². The molecule has 0 fully saturated rings. The lowest BCUT2D eigenvalue weighted by Crippen LogP contribution is -2.39. The molecule has 0 unspecified atom stereocenters. The Morgan fingerprint density at radius 3 is 2.15 bits per heavy atom. The van der Waals surface area contributed by atoms with E-state index in [2.05, 4.69) is 44.7 Å². The third-order valence-electron chi connectivity index (χ3n) is 7.38. The normalized spacial score (nSPS) is 12.0. The topological polar surface area (TPSA) is 73.8 Å². The Hall–Kier alpha value is -3.11. The number of carbonyl (C=O) groups is 1. The molecule has 0 aliphatic heterocycles. The number of carbonyl (C=O) groups excluding carboxylic acids is 1. The van der Waals surface area contributed by atoms with Gasteiger partial charge in [0.15, 0.2) is 5.13 Å². The van der Waals surface area contributed by atoms with Crippen LogP contribution in [0.4, 0.5) is 5.13 Å². The molecule has 0 bridgehead atoms. The van der Waals surface area contributed by atoms with Crippen LogP contribution in [0.3, 0.4) is 0 Å². The molecule has 9 heteroatoms. The monoisotopic (exact) mass is 578 g/mol. The highest BCUT2D eigenvalue weighted by molar-refractivity contribution is 7.89. The summed E-state index contributed by atoms with van der Waals surface area (Å²) in [6.45, 7) is 13.8. The van der Waals surface area contributed by atoms with Crippen molar-refractivity contribution in [1.82, 2.24) is 14.2 Å². The first-order chi connectivity index (χ1) is 19.2. The van der Waals surface area contributed by atoms with Crippen molar-refractivity contribution in [1.29, 1.82) is 0 Å². The number of aryl methyl sites for hydroxylation is 2. The summed E-state index contributed by atoms with van der Waals surface area (Å²) in [5.41, 5.74) is 4.54. The molecular weight excluding hydrogens is 541 g/mol. The first kappa shape index (κ1) is 29.9. The lowest BCUT2D eigenvalue weighted by Gasteiger charge is -2.25. The molecule has 0 N–H and O–H groups in total. The van der Waals surface area contributed by atoms with Crippen LogP contribution in [0.1, 0.15) is 47.8 Å². The number of aromatic nitrogens is 1. The van der Waals surface area contributed by atoms with E-state index in [1.165, 1.54) is 27.8 Å². The number of sulfonamides is 1. The van der Waals surface area contributed by atoms with E-state index in [1.54, 1.807) is 17.0 Å². The number of hydrogen-bond acceptors (Lipinski definition) is 6.